The Labute approximate surface area is 158 Å². The minimum absolute atomic E-state index is 0.0419. The molecule has 3 aromatic rings. The van der Waals surface area contributed by atoms with Gasteiger partial charge >= 0.3 is 11.7 Å². The van der Waals surface area contributed by atoms with Crippen molar-refractivity contribution in [2.24, 2.45) is 5.73 Å². The summed E-state index contributed by atoms with van der Waals surface area (Å²) in [6.45, 7) is 0.126. The van der Waals surface area contributed by atoms with Gasteiger partial charge in [0.1, 0.15) is 0 Å². The van der Waals surface area contributed by atoms with Crippen molar-refractivity contribution in [1.82, 2.24) is 15.3 Å². The molecule has 144 valence electrons. The lowest BCUT2D eigenvalue weighted by atomic mass is 10.2. The number of fused-ring (bicyclic) bond motifs is 1. The van der Waals surface area contributed by atoms with Crippen molar-refractivity contribution in [3.8, 4) is 0 Å². The Kier molecular flexibility index (Phi) is 5.40. The number of nitrogens with two attached hydrogens (primary N) is 1. The molecule has 0 fully saturated rings. The maximum atomic E-state index is 12.4. The van der Waals surface area contributed by atoms with E-state index in [1.807, 2.05) is 0 Å². The van der Waals surface area contributed by atoms with Gasteiger partial charge in [0, 0.05) is 29.9 Å². The number of H-pyrrole nitrogens is 2. The molecule has 0 radical (unpaired) electrons. The van der Waals surface area contributed by atoms with Gasteiger partial charge in [-0.1, -0.05) is 6.07 Å². The molecule has 1 heterocycles. The van der Waals surface area contributed by atoms with Crippen LogP contribution in [0.5, 0.6) is 0 Å². The Hall–Kier alpha value is -4.08. The molecular formula is C18H18N6O4. The topological polar surface area (TPSA) is 162 Å². The number of hydrogen-bond donors (Lipinski definition) is 6. The largest absolute Gasteiger partial charge is 0.370 e. The SMILES string of the molecule is NC(=O)CCNC(=O)Nc1cccc(NC(=O)c2ccc3[nH]c(=O)[nH]c3c2)c1. The maximum absolute atomic E-state index is 12.4. The number of carbonyl (C=O) groups excluding carboxylic acids is 3. The zero-order valence-electron chi connectivity index (χ0n) is 14.7. The van der Waals surface area contributed by atoms with E-state index in [4.69, 9.17) is 5.73 Å². The van der Waals surface area contributed by atoms with Crippen LogP contribution in [0.15, 0.2) is 47.3 Å². The summed E-state index contributed by atoms with van der Waals surface area (Å²) >= 11 is 0. The molecule has 0 aliphatic heterocycles. The van der Waals surface area contributed by atoms with E-state index in [9.17, 15) is 19.2 Å². The molecule has 0 atom stereocenters. The second kappa shape index (κ2) is 8.08. The number of hydrogen-bond acceptors (Lipinski definition) is 4. The van der Waals surface area contributed by atoms with Crippen LogP contribution in [0.2, 0.25) is 0 Å². The Balaban J connectivity index is 1.64. The predicted molar refractivity (Wildman–Crippen MR) is 104 cm³/mol. The lowest BCUT2D eigenvalue weighted by molar-refractivity contribution is -0.117. The van der Waals surface area contributed by atoms with Gasteiger partial charge in [-0.25, -0.2) is 9.59 Å². The third-order valence-corrected chi connectivity index (χ3v) is 3.81. The van der Waals surface area contributed by atoms with Gasteiger partial charge < -0.3 is 31.7 Å². The van der Waals surface area contributed by atoms with Crippen molar-refractivity contribution in [3.05, 3.63) is 58.5 Å². The Morgan fingerprint density at radius 2 is 1.64 bits per heavy atom. The van der Waals surface area contributed by atoms with E-state index in [-0.39, 0.29) is 24.6 Å². The molecule has 1 aromatic heterocycles. The highest BCUT2D eigenvalue weighted by Gasteiger charge is 2.09. The highest BCUT2D eigenvalue weighted by molar-refractivity contribution is 6.06. The summed E-state index contributed by atoms with van der Waals surface area (Å²) < 4.78 is 0. The van der Waals surface area contributed by atoms with Crippen LogP contribution in [0.3, 0.4) is 0 Å². The average molecular weight is 382 g/mol. The number of imidazole rings is 1. The minimum atomic E-state index is -0.507. The zero-order valence-corrected chi connectivity index (χ0v) is 14.7. The molecule has 10 nitrogen and oxygen atoms in total. The van der Waals surface area contributed by atoms with Gasteiger partial charge in [0.15, 0.2) is 0 Å². The molecule has 0 saturated carbocycles. The van der Waals surface area contributed by atoms with Crippen LogP contribution in [-0.4, -0.2) is 34.4 Å². The number of primary amides is 1. The fourth-order valence-corrected chi connectivity index (χ4v) is 2.53. The highest BCUT2D eigenvalue weighted by atomic mass is 16.2. The van der Waals surface area contributed by atoms with Crippen molar-refractivity contribution in [1.29, 1.82) is 0 Å². The van der Waals surface area contributed by atoms with Gasteiger partial charge in [0.2, 0.25) is 5.91 Å². The van der Waals surface area contributed by atoms with E-state index in [1.165, 1.54) is 0 Å². The first-order valence-corrected chi connectivity index (χ1v) is 8.37. The molecule has 7 N–H and O–H groups in total. The number of amides is 4. The first-order chi connectivity index (χ1) is 13.4. The van der Waals surface area contributed by atoms with Crippen LogP contribution in [-0.2, 0) is 4.79 Å². The number of benzene rings is 2. The van der Waals surface area contributed by atoms with Crippen molar-refractivity contribution in [2.45, 2.75) is 6.42 Å². The first-order valence-electron chi connectivity index (χ1n) is 8.37. The summed E-state index contributed by atoms with van der Waals surface area (Å²) in [7, 11) is 0. The molecule has 3 rings (SSSR count). The molecular weight excluding hydrogens is 364 g/mol. The average Bonchev–Trinajstić information content (AvgIpc) is 3.00. The van der Waals surface area contributed by atoms with Crippen LogP contribution in [0.4, 0.5) is 16.2 Å². The molecule has 4 amide bonds. The van der Waals surface area contributed by atoms with E-state index < -0.39 is 11.9 Å². The summed E-state index contributed by atoms with van der Waals surface area (Å²) in [6.07, 6.45) is 0.0419. The lowest BCUT2D eigenvalue weighted by Crippen LogP contribution is -2.31. The van der Waals surface area contributed by atoms with Gasteiger partial charge in [-0.2, -0.15) is 0 Å². The summed E-state index contributed by atoms with van der Waals surface area (Å²) in [6, 6.07) is 10.9. The van der Waals surface area contributed by atoms with Crippen LogP contribution in [0, 0.1) is 0 Å². The van der Waals surface area contributed by atoms with Crippen LogP contribution in [0.1, 0.15) is 16.8 Å². The molecule has 0 bridgehead atoms. The third-order valence-electron chi connectivity index (χ3n) is 3.81. The molecule has 0 saturated heterocycles. The normalized spacial score (nSPS) is 10.4. The molecule has 2 aromatic carbocycles. The van der Waals surface area contributed by atoms with Gasteiger partial charge in [-0.05, 0) is 36.4 Å². The van der Waals surface area contributed by atoms with Crippen molar-refractivity contribution >= 4 is 40.3 Å². The molecule has 0 spiro atoms. The Morgan fingerprint density at radius 1 is 0.929 bits per heavy atom. The molecule has 0 aliphatic carbocycles. The van der Waals surface area contributed by atoms with Gasteiger partial charge in [0.05, 0.1) is 11.0 Å². The van der Waals surface area contributed by atoms with E-state index >= 15 is 0 Å². The number of anilines is 2. The minimum Gasteiger partial charge on any atom is -0.370 e. The second-order valence-electron chi connectivity index (χ2n) is 5.97. The monoisotopic (exact) mass is 382 g/mol. The molecule has 10 heteroatoms. The lowest BCUT2D eigenvalue weighted by Gasteiger charge is -2.10. The van der Waals surface area contributed by atoms with E-state index in [2.05, 4.69) is 25.9 Å². The predicted octanol–water partition coefficient (Wildman–Crippen LogP) is 1.11. The van der Waals surface area contributed by atoms with E-state index in [0.717, 1.165) is 0 Å². The second-order valence-corrected chi connectivity index (χ2v) is 5.97. The van der Waals surface area contributed by atoms with Gasteiger partial charge in [-0.3, -0.25) is 9.59 Å². The molecule has 28 heavy (non-hydrogen) atoms. The van der Waals surface area contributed by atoms with E-state index in [0.29, 0.717) is 28.0 Å². The summed E-state index contributed by atoms with van der Waals surface area (Å²) in [5.74, 6) is -0.876. The van der Waals surface area contributed by atoms with Crippen LogP contribution < -0.4 is 27.4 Å². The fraction of sp³-hybridized carbons (Fsp3) is 0.111. The van der Waals surface area contributed by atoms with Crippen LogP contribution in [0.25, 0.3) is 11.0 Å². The van der Waals surface area contributed by atoms with Crippen molar-refractivity contribution in [3.63, 3.8) is 0 Å². The number of urea groups is 1. The summed E-state index contributed by atoms with van der Waals surface area (Å²) in [5, 5.41) is 7.82. The summed E-state index contributed by atoms with van der Waals surface area (Å²) in [4.78, 5) is 51.4. The van der Waals surface area contributed by atoms with E-state index in [1.54, 1.807) is 42.5 Å². The number of aromatic amines is 2. The Morgan fingerprint density at radius 3 is 2.39 bits per heavy atom. The molecule has 0 unspecified atom stereocenters. The van der Waals surface area contributed by atoms with Gasteiger partial charge in [-0.15, -0.1) is 0 Å². The third kappa shape index (κ3) is 4.75. The van der Waals surface area contributed by atoms with Crippen LogP contribution >= 0.6 is 0 Å². The number of nitrogens with one attached hydrogen (secondary N) is 5. The highest BCUT2D eigenvalue weighted by Crippen LogP contribution is 2.17. The standard InChI is InChI=1S/C18H18N6O4/c19-15(25)6-7-20-17(27)22-12-3-1-2-11(9-12)21-16(26)10-4-5-13-14(8-10)24-18(28)23-13/h1-5,8-9H,6-7H2,(H2,19,25)(H,21,26)(H2,20,22,27)(H2,23,24,28). The number of carbonyl (C=O) groups is 3. The fourth-order valence-electron chi connectivity index (χ4n) is 2.53. The zero-order chi connectivity index (χ0) is 20.1. The number of aromatic nitrogens is 2. The van der Waals surface area contributed by atoms with Crippen molar-refractivity contribution in [2.75, 3.05) is 17.2 Å². The van der Waals surface area contributed by atoms with Crippen molar-refractivity contribution < 1.29 is 14.4 Å². The summed E-state index contributed by atoms with van der Waals surface area (Å²) in [5.41, 5.74) is 7.09. The number of rotatable bonds is 6. The first kappa shape index (κ1) is 18.7. The smallest absolute Gasteiger partial charge is 0.323 e. The van der Waals surface area contributed by atoms with Gasteiger partial charge in [0.25, 0.3) is 5.91 Å². The molecule has 0 aliphatic rings. The quantitative estimate of drug-likeness (QED) is 0.376. The maximum Gasteiger partial charge on any atom is 0.323 e. The Bertz CT molecular complexity index is 1100.